The first-order chi connectivity index (χ1) is 10.8. The molecular formula is C16H18BrN3O2. The standard InChI is InChI=1S/C16H18BrN3O2/c1-21-16-12-10-20(7-6-14(12)18-11-19-16)8-9-22-15-5-3-2-4-13(15)17/h2-5,11H,6-10H2,1H3. The van der Waals surface area contributed by atoms with Crippen LogP contribution in [0.25, 0.3) is 0 Å². The van der Waals surface area contributed by atoms with E-state index in [0.29, 0.717) is 12.5 Å². The molecule has 2 heterocycles. The normalized spacial score (nSPS) is 14.5. The van der Waals surface area contributed by atoms with Crippen LogP contribution in [0.4, 0.5) is 0 Å². The zero-order valence-corrected chi connectivity index (χ0v) is 14.0. The molecule has 116 valence electrons. The number of hydrogen-bond donors (Lipinski definition) is 0. The van der Waals surface area contributed by atoms with Gasteiger partial charge in [-0.05, 0) is 28.1 Å². The summed E-state index contributed by atoms with van der Waals surface area (Å²) in [5.74, 6) is 1.56. The number of methoxy groups -OCH3 is 1. The number of fused-ring (bicyclic) bond motifs is 1. The maximum absolute atomic E-state index is 5.83. The molecule has 6 heteroatoms. The highest BCUT2D eigenvalue weighted by Gasteiger charge is 2.21. The van der Waals surface area contributed by atoms with Crippen LogP contribution in [0.1, 0.15) is 11.3 Å². The number of para-hydroxylation sites is 1. The van der Waals surface area contributed by atoms with Gasteiger partial charge in [-0.3, -0.25) is 4.90 Å². The molecule has 0 radical (unpaired) electrons. The minimum absolute atomic E-state index is 0.647. The van der Waals surface area contributed by atoms with Gasteiger partial charge < -0.3 is 9.47 Å². The molecule has 0 saturated heterocycles. The molecule has 0 unspecified atom stereocenters. The molecule has 0 amide bonds. The lowest BCUT2D eigenvalue weighted by atomic mass is 10.1. The summed E-state index contributed by atoms with van der Waals surface area (Å²) in [7, 11) is 1.65. The highest BCUT2D eigenvalue weighted by molar-refractivity contribution is 9.10. The van der Waals surface area contributed by atoms with Crippen LogP contribution >= 0.6 is 15.9 Å². The Kier molecular flexibility index (Phi) is 4.90. The molecule has 0 atom stereocenters. The van der Waals surface area contributed by atoms with Gasteiger partial charge in [-0.15, -0.1) is 0 Å². The van der Waals surface area contributed by atoms with E-state index < -0.39 is 0 Å². The highest BCUT2D eigenvalue weighted by Crippen LogP contribution is 2.25. The molecule has 0 spiro atoms. The Morgan fingerprint density at radius 1 is 1.27 bits per heavy atom. The van der Waals surface area contributed by atoms with Gasteiger partial charge in [0.05, 0.1) is 17.3 Å². The fraction of sp³-hybridized carbons (Fsp3) is 0.375. The smallest absolute Gasteiger partial charge is 0.220 e. The van der Waals surface area contributed by atoms with Crippen LogP contribution < -0.4 is 9.47 Å². The van der Waals surface area contributed by atoms with Crippen LogP contribution in [-0.2, 0) is 13.0 Å². The predicted molar refractivity (Wildman–Crippen MR) is 87.2 cm³/mol. The molecule has 0 bridgehead atoms. The lowest BCUT2D eigenvalue weighted by Gasteiger charge is -2.28. The molecule has 3 rings (SSSR count). The van der Waals surface area contributed by atoms with Crippen molar-refractivity contribution in [3.63, 3.8) is 0 Å². The quantitative estimate of drug-likeness (QED) is 0.817. The molecule has 1 aliphatic heterocycles. The summed E-state index contributed by atoms with van der Waals surface area (Å²) in [6, 6.07) is 7.89. The first-order valence-corrected chi connectivity index (χ1v) is 8.03. The third-order valence-electron chi connectivity index (χ3n) is 3.74. The van der Waals surface area contributed by atoms with Crippen LogP contribution in [0.5, 0.6) is 11.6 Å². The summed E-state index contributed by atoms with van der Waals surface area (Å²) < 4.78 is 12.1. The lowest BCUT2D eigenvalue weighted by molar-refractivity contribution is 0.191. The van der Waals surface area contributed by atoms with E-state index in [0.717, 1.165) is 47.5 Å². The molecule has 1 aromatic carbocycles. The van der Waals surface area contributed by atoms with Crippen LogP contribution in [0.2, 0.25) is 0 Å². The summed E-state index contributed by atoms with van der Waals surface area (Å²) in [5, 5.41) is 0. The topological polar surface area (TPSA) is 47.5 Å². The third kappa shape index (κ3) is 3.39. The maximum Gasteiger partial charge on any atom is 0.220 e. The Labute approximate surface area is 138 Å². The molecule has 22 heavy (non-hydrogen) atoms. The summed E-state index contributed by atoms with van der Waals surface area (Å²) in [5.41, 5.74) is 2.19. The van der Waals surface area contributed by atoms with Gasteiger partial charge >= 0.3 is 0 Å². The molecule has 0 saturated carbocycles. The zero-order chi connectivity index (χ0) is 15.4. The van der Waals surface area contributed by atoms with Gasteiger partial charge in [-0.1, -0.05) is 12.1 Å². The predicted octanol–water partition coefficient (Wildman–Crippen LogP) is 2.68. The van der Waals surface area contributed by atoms with Crippen molar-refractivity contribution in [2.45, 2.75) is 13.0 Å². The van der Waals surface area contributed by atoms with Crippen molar-refractivity contribution in [3.8, 4) is 11.6 Å². The van der Waals surface area contributed by atoms with Crippen molar-refractivity contribution in [1.29, 1.82) is 0 Å². The number of ether oxygens (including phenoxy) is 2. The number of rotatable bonds is 5. The van der Waals surface area contributed by atoms with Gasteiger partial charge in [0.25, 0.3) is 0 Å². The zero-order valence-electron chi connectivity index (χ0n) is 12.5. The number of hydrogen-bond acceptors (Lipinski definition) is 5. The van der Waals surface area contributed by atoms with Crippen LogP contribution in [0.3, 0.4) is 0 Å². The van der Waals surface area contributed by atoms with E-state index in [2.05, 4.69) is 30.8 Å². The average molecular weight is 364 g/mol. The molecule has 0 aliphatic carbocycles. The molecule has 0 fully saturated rings. The number of benzene rings is 1. The van der Waals surface area contributed by atoms with Gasteiger partial charge in [0.15, 0.2) is 0 Å². The van der Waals surface area contributed by atoms with Gasteiger partial charge in [0, 0.05) is 31.6 Å². The lowest BCUT2D eigenvalue weighted by Crippen LogP contribution is -2.34. The Morgan fingerprint density at radius 3 is 2.95 bits per heavy atom. The van der Waals surface area contributed by atoms with Crippen molar-refractivity contribution >= 4 is 15.9 Å². The minimum Gasteiger partial charge on any atom is -0.491 e. The van der Waals surface area contributed by atoms with E-state index in [1.54, 1.807) is 13.4 Å². The average Bonchev–Trinajstić information content (AvgIpc) is 2.56. The third-order valence-corrected chi connectivity index (χ3v) is 4.39. The Balaban J connectivity index is 1.58. The van der Waals surface area contributed by atoms with Gasteiger partial charge in [-0.2, -0.15) is 0 Å². The number of nitrogens with zero attached hydrogens (tertiary/aromatic N) is 3. The Bertz CT molecular complexity index is 637. The van der Waals surface area contributed by atoms with E-state index >= 15 is 0 Å². The molecule has 1 aromatic heterocycles. The molecular weight excluding hydrogens is 346 g/mol. The summed E-state index contributed by atoms with van der Waals surface area (Å²) in [6.45, 7) is 3.29. The summed E-state index contributed by atoms with van der Waals surface area (Å²) >= 11 is 3.49. The Hall–Kier alpha value is -1.66. The van der Waals surface area contributed by atoms with Crippen molar-refractivity contribution in [2.24, 2.45) is 0 Å². The molecule has 0 N–H and O–H groups in total. The maximum atomic E-state index is 5.83. The fourth-order valence-electron chi connectivity index (χ4n) is 2.58. The second-order valence-electron chi connectivity index (χ2n) is 5.11. The largest absolute Gasteiger partial charge is 0.491 e. The van der Waals surface area contributed by atoms with Crippen molar-refractivity contribution in [3.05, 3.63) is 46.3 Å². The van der Waals surface area contributed by atoms with Crippen LogP contribution in [0, 0.1) is 0 Å². The molecule has 2 aromatic rings. The van der Waals surface area contributed by atoms with Crippen LogP contribution in [-0.4, -0.2) is 41.7 Å². The van der Waals surface area contributed by atoms with E-state index in [-0.39, 0.29) is 0 Å². The SMILES string of the molecule is COc1ncnc2c1CN(CCOc1ccccc1Br)CC2. The number of halogens is 1. The van der Waals surface area contributed by atoms with Gasteiger partial charge in [-0.25, -0.2) is 9.97 Å². The monoisotopic (exact) mass is 363 g/mol. The second-order valence-corrected chi connectivity index (χ2v) is 5.97. The first kappa shape index (κ1) is 15.2. The summed E-state index contributed by atoms with van der Waals surface area (Å²) in [4.78, 5) is 10.9. The molecule has 5 nitrogen and oxygen atoms in total. The first-order valence-electron chi connectivity index (χ1n) is 7.24. The number of aromatic nitrogens is 2. The molecule has 1 aliphatic rings. The fourth-order valence-corrected chi connectivity index (χ4v) is 2.98. The summed E-state index contributed by atoms with van der Waals surface area (Å²) in [6.07, 6.45) is 2.49. The van der Waals surface area contributed by atoms with E-state index in [1.165, 1.54) is 0 Å². The van der Waals surface area contributed by atoms with E-state index in [1.807, 2.05) is 24.3 Å². The highest BCUT2D eigenvalue weighted by atomic mass is 79.9. The van der Waals surface area contributed by atoms with Crippen LogP contribution in [0.15, 0.2) is 35.1 Å². The van der Waals surface area contributed by atoms with Crippen molar-refractivity contribution in [2.75, 3.05) is 26.8 Å². The van der Waals surface area contributed by atoms with Gasteiger partial charge in [0.1, 0.15) is 18.7 Å². The van der Waals surface area contributed by atoms with Gasteiger partial charge in [0.2, 0.25) is 5.88 Å². The van der Waals surface area contributed by atoms with Crippen molar-refractivity contribution < 1.29 is 9.47 Å². The Morgan fingerprint density at radius 2 is 2.14 bits per heavy atom. The van der Waals surface area contributed by atoms with Crippen molar-refractivity contribution in [1.82, 2.24) is 14.9 Å². The van der Waals surface area contributed by atoms with E-state index in [4.69, 9.17) is 9.47 Å². The minimum atomic E-state index is 0.647. The van der Waals surface area contributed by atoms with E-state index in [9.17, 15) is 0 Å². The second kappa shape index (κ2) is 7.07.